The van der Waals surface area contributed by atoms with Gasteiger partial charge in [0.1, 0.15) is 0 Å². The lowest BCUT2D eigenvalue weighted by Gasteiger charge is -1.96. The van der Waals surface area contributed by atoms with Gasteiger partial charge in [0, 0.05) is 6.92 Å². The molecule has 0 bridgehead atoms. The van der Waals surface area contributed by atoms with Crippen molar-refractivity contribution in [1.82, 2.24) is 5.32 Å². The summed E-state index contributed by atoms with van der Waals surface area (Å²) in [6.45, 7) is 1.26. The molecule has 0 rings (SSSR count). The maximum Gasteiger partial charge on any atom is 0.241 e. The summed E-state index contributed by atoms with van der Waals surface area (Å²) >= 11 is 1.00. The molecule has 0 aromatic heterocycles. The van der Waals surface area contributed by atoms with Crippen molar-refractivity contribution in [2.24, 2.45) is 5.10 Å². The first-order valence-corrected chi connectivity index (χ1v) is 3.83. The summed E-state index contributed by atoms with van der Waals surface area (Å²) in [5.74, 6) is -0.375. The fraction of sp³-hybridized carbons (Fsp3) is 0.500. The predicted octanol–water partition coefficient (Wildman–Crippen LogP) is 0.0332. The number of nitro groups is 1. The van der Waals surface area contributed by atoms with Crippen LogP contribution in [-0.2, 0) is 4.79 Å². The third-order valence-corrected chi connectivity index (χ3v) is 1.22. The van der Waals surface area contributed by atoms with E-state index in [1.807, 2.05) is 0 Å². The van der Waals surface area contributed by atoms with Crippen molar-refractivity contribution >= 4 is 22.8 Å². The van der Waals surface area contributed by atoms with E-state index in [0.717, 1.165) is 11.8 Å². The fourth-order valence-corrected chi connectivity index (χ4v) is 0.736. The van der Waals surface area contributed by atoms with Crippen LogP contribution in [0.4, 0.5) is 0 Å². The van der Waals surface area contributed by atoms with E-state index < -0.39 is 5.03 Å². The molecule has 1 N–H and O–H groups in total. The van der Waals surface area contributed by atoms with Crippen molar-refractivity contribution in [3.8, 4) is 0 Å². The van der Waals surface area contributed by atoms with Crippen LogP contribution in [0.5, 0.6) is 0 Å². The molecule has 62 valence electrons. The van der Waals surface area contributed by atoms with Gasteiger partial charge in [-0.1, -0.05) is 11.8 Å². The Morgan fingerprint density at radius 2 is 2.27 bits per heavy atom. The Bertz CT molecular complexity index is 203. The van der Waals surface area contributed by atoms with E-state index in [-0.39, 0.29) is 11.1 Å². The molecule has 0 unspecified atom stereocenters. The van der Waals surface area contributed by atoms with E-state index >= 15 is 0 Å². The first-order valence-electron chi connectivity index (χ1n) is 2.61. The number of hydrogen-bond donors (Lipinski definition) is 1. The van der Waals surface area contributed by atoms with E-state index in [1.54, 1.807) is 6.26 Å². The molecule has 0 radical (unpaired) electrons. The quantitative estimate of drug-likeness (QED) is 0.265. The van der Waals surface area contributed by atoms with E-state index in [1.165, 1.54) is 6.92 Å². The molecule has 0 aromatic rings. The molecule has 0 atom stereocenters. The molecule has 0 saturated carbocycles. The van der Waals surface area contributed by atoms with Crippen molar-refractivity contribution in [3.05, 3.63) is 10.1 Å². The van der Waals surface area contributed by atoms with Crippen LogP contribution < -0.4 is 5.32 Å². The highest BCUT2D eigenvalue weighted by atomic mass is 32.2. The lowest BCUT2D eigenvalue weighted by atomic mass is 10.7. The largest absolute Gasteiger partial charge is 0.300 e. The molecular weight excluding hydrogens is 170 g/mol. The third kappa shape index (κ3) is 5.34. The molecule has 0 fully saturated rings. The second kappa shape index (κ2) is 4.67. The normalized spacial score (nSPS) is 10.9. The Hall–Kier alpha value is -1.11. The Balaban J connectivity index is 4.16. The molecule has 0 aliphatic rings. The third-order valence-electron chi connectivity index (χ3n) is 0.649. The average Bonchev–Trinajstić information content (AvgIpc) is 1.84. The fourth-order valence-electron chi connectivity index (χ4n) is 0.342. The average molecular weight is 177 g/mol. The van der Waals surface area contributed by atoms with Gasteiger partial charge in [0.15, 0.2) is 5.03 Å². The van der Waals surface area contributed by atoms with Gasteiger partial charge in [0.25, 0.3) is 0 Å². The van der Waals surface area contributed by atoms with Crippen molar-refractivity contribution in [2.75, 3.05) is 6.26 Å². The van der Waals surface area contributed by atoms with Gasteiger partial charge in [-0.2, -0.15) is 0 Å². The summed E-state index contributed by atoms with van der Waals surface area (Å²) < 4.78 is 0. The summed E-state index contributed by atoms with van der Waals surface area (Å²) in [6, 6.07) is 0. The van der Waals surface area contributed by atoms with Gasteiger partial charge in [0.2, 0.25) is 11.1 Å². The zero-order valence-corrected chi connectivity index (χ0v) is 6.84. The van der Waals surface area contributed by atoms with Crippen molar-refractivity contribution in [1.29, 1.82) is 0 Å². The SMILES string of the molecule is CS/C(=N\[N+](=O)[O-])NC(C)=O. The smallest absolute Gasteiger partial charge is 0.241 e. The number of amides is 1. The molecule has 0 aliphatic carbocycles. The second-order valence-electron chi connectivity index (χ2n) is 1.53. The summed E-state index contributed by atoms with van der Waals surface area (Å²) in [5.41, 5.74) is 0. The minimum Gasteiger partial charge on any atom is -0.300 e. The first-order chi connectivity index (χ1) is 5.06. The number of carbonyl (C=O) groups excluding carboxylic acids is 1. The number of thioether (sulfide) groups is 1. The molecule has 7 heteroatoms. The standard InChI is InChI=1S/C4H7N3O3S/c1-3(8)5-4(11-2)6-7(9)10/h1-2H3,(H,5,6,8). The molecular formula is C4H7N3O3S. The molecule has 0 aliphatic heterocycles. The van der Waals surface area contributed by atoms with Gasteiger partial charge in [-0.05, 0) is 6.26 Å². The van der Waals surface area contributed by atoms with Crippen molar-refractivity contribution in [3.63, 3.8) is 0 Å². The monoisotopic (exact) mass is 177 g/mol. The van der Waals surface area contributed by atoms with E-state index in [2.05, 4.69) is 10.4 Å². The van der Waals surface area contributed by atoms with Gasteiger partial charge in [-0.25, -0.2) is 10.1 Å². The van der Waals surface area contributed by atoms with E-state index in [0.29, 0.717) is 0 Å². The van der Waals surface area contributed by atoms with Crippen LogP contribution in [0.25, 0.3) is 0 Å². The van der Waals surface area contributed by atoms with E-state index in [9.17, 15) is 14.9 Å². The van der Waals surface area contributed by atoms with Crippen LogP contribution in [0, 0.1) is 10.1 Å². The topological polar surface area (TPSA) is 84.6 Å². The summed E-state index contributed by atoms with van der Waals surface area (Å²) in [7, 11) is 0. The van der Waals surface area contributed by atoms with Crippen LogP contribution in [0.3, 0.4) is 0 Å². The van der Waals surface area contributed by atoms with Crippen LogP contribution in [0.15, 0.2) is 5.10 Å². The zero-order chi connectivity index (χ0) is 8.85. The number of nitrogens with one attached hydrogen (secondary N) is 1. The number of hydrazone groups is 1. The highest BCUT2D eigenvalue weighted by Gasteiger charge is 2.03. The maximum absolute atomic E-state index is 10.4. The lowest BCUT2D eigenvalue weighted by Crippen LogP contribution is -2.26. The number of carbonyl (C=O) groups is 1. The van der Waals surface area contributed by atoms with Gasteiger partial charge in [0.05, 0.1) is 5.10 Å². The second-order valence-corrected chi connectivity index (χ2v) is 2.32. The number of amidine groups is 1. The summed E-state index contributed by atoms with van der Waals surface area (Å²) in [5, 5.41) is 14.0. The maximum atomic E-state index is 10.4. The van der Waals surface area contributed by atoms with E-state index in [4.69, 9.17) is 0 Å². The highest BCUT2D eigenvalue weighted by molar-refractivity contribution is 8.13. The minimum absolute atomic E-state index is 0.0116. The predicted molar refractivity (Wildman–Crippen MR) is 41.8 cm³/mol. The lowest BCUT2D eigenvalue weighted by molar-refractivity contribution is -0.484. The number of rotatable bonds is 1. The van der Waals surface area contributed by atoms with Gasteiger partial charge < -0.3 is 5.32 Å². The summed E-state index contributed by atoms with van der Waals surface area (Å²) in [6.07, 6.45) is 1.58. The zero-order valence-electron chi connectivity index (χ0n) is 6.03. The molecule has 11 heavy (non-hydrogen) atoms. The minimum atomic E-state index is -0.859. The van der Waals surface area contributed by atoms with Gasteiger partial charge in [-0.15, -0.1) is 0 Å². The Morgan fingerprint density at radius 3 is 2.55 bits per heavy atom. The first kappa shape index (κ1) is 9.89. The van der Waals surface area contributed by atoms with Crippen molar-refractivity contribution < 1.29 is 9.83 Å². The molecule has 0 spiro atoms. The summed E-state index contributed by atoms with van der Waals surface area (Å²) in [4.78, 5) is 20.2. The molecule has 1 amide bonds. The number of hydrogen-bond acceptors (Lipinski definition) is 4. The number of nitrogens with zero attached hydrogens (tertiary/aromatic N) is 2. The molecule has 0 saturated heterocycles. The molecule has 0 heterocycles. The Morgan fingerprint density at radius 1 is 1.73 bits per heavy atom. The Labute approximate surface area is 67.2 Å². The Kier molecular flexibility index (Phi) is 4.20. The van der Waals surface area contributed by atoms with Crippen LogP contribution in [-0.4, -0.2) is 22.4 Å². The van der Waals surface area contributed by atoms with Crippen LogP contribution in [0.2, 0.25) is 0 Å². The van der Waals surface area contributed by atoms with Crippen LogP contribution in [0.1, 0.15) is 6.92 Å². The van der Waals surface area contributed by atoms with Crippen molar-refractivity contribution in [2.45, 2.75) is 6.92 Å². The molecule has 6 nitrogen and oxygen atoms in total. The van der Waals surface area contributed by atoms with Gasteiger partial charge >= 0.3 is 0 Å². The van der Waals surface area contributed by atoms with Gasteiger partial charge in [-0.3, -0.25) is 4.79 Å². The van der Waals surface area contributed by atoms with Crippen LogP contribution >= 0.6 is 11.8 Å². The molecule has 0 aromatic carbocycles. The highest BCUT2D eigenvalue weighted by Crippen LogP contribution is 1.94.